The average Bonchev–Trinajstić information content (AvgIpc) is 2.75. The summed E-state index contributed by atoms with van der Waals surface area (Å²) in [7, 11) is -0.767. The number of nitrogens with zero attached hydrogens (tertiary/aromatic N) is 1. The minimum atomic E-state index is -3.74. The fourth-order valence-corrected chi connectivity index (χ4v) is 4.68. The molecule has 1 N–H and O–H groups in total. The average molecular weight is 449 g/mol. The Morgan fingerprint density at radius 2 is 1.68 bits per heavy atom. The van der Waals surface area contributed by atoms with Gasteiger partial charge in [-0.05, 0) is 48.6 Å². The van der Waals surface area contributed by atoms with Crippen molar-refractivity contribution in [3.05, 3.63) is 53.1 Å². The summed E-state index contributed by atoms with van der Waals surface area (Å²) >= 11 is 0. The van der Waals surface area contributed by atoms with Gasteiger partial charge in [0.05, 0.1) is 26.2 Å². The number of hydrogen-bond donors (Lipinski definition) is 1. The van der Waals surface area contributed by atoms with E-state index in [2.05, 4.69) is 37.4 Å². The molecule has 0 saturated carbocycles. The molecule has 0 aliphatic rings. The van der Waals surface area contributed by atoms with E-state index in [-0.39, 0.29) is 5.91 Å². The van der Waals surface area contributed by atoms with Crippen LogP contribution in [0.3, 0.4) is 0 Å². The lowest BCUT2D eigenvalue weighted by Crippen LogP contribution is -2.47. The van der Waals surface area contributed by atoms with Crippen LogP contribution >= 0.6 is 0 Å². The number of rotatable bonds is 10. The van der Waals surface area contributed by atoms with Crippen molar-refractivity contribution in [3.63, 3.8) is 0 Å². The van der Waals surface area contributed by atoms with Gasteiger partial charge in [0.15, 0.2) is 11.5 Å². The number of carbonyl (C=O) groups is 1. The molecular formula is C23H32N2O5S. The molecule has 0 radical (unpaired) electrons. The maximum absolute atomic E-state index is 12.9. The molecule has 0 aromatic heterocycles. The quantitative estimate of drug-likeness (QED) is 0.603. The molecule has 0 fully saturated rings. The van der Waals surface area contributed by atoms with E-state index < -0.39 is 16.1 Å². The lowest BCUT2D eigenvalue weighted by Gasteiger charge is -2.29. The number of carbonyl (C=O) groups excluding carboxylic acids is 1. The monoisotopic (exact) mass is 448 g/mol. The third-order valence-corrected chi connectivity index (χ3v) is 6.46. The standard InChI is InChI=1S/C23H32N2O5S/c1-7-17-9-10-18(8-2)19(13-17)15-24-23(26)16(3)25(31(6,27)28)20-11-12-21(29-4)22(14-20)30-5/h9-14,16H,7-8,15H2,1-6H3,(H,24,26)/t16-/m1/s1. The Hall–Kier alpha value is -2.74. The van der Waals surface area contributed by atoms with Crippen molar-refractivity contribution in [2.24, 2.45) is 0 Å². The molecule has 1 amide bonds. The van der Waals surface area contributed by atoms with Crippen LogP contribution in [0.25, 0.3) is 0 Å². The highest BCUT2D eigenvalue weighted by Crippen LogP contribution is 2.33. The topological polar surface area (TPSA) is 84.9 Å². The molecule has 0 bridgehead atoms. The molecule has 2 aromatic rings. The first-order valence-electron chi connectivity index (χ1n) is 10.3. The van der Waals surface area contributed by atoms with Crippen LogP contribution in [0.2, 0.25) is 0 Å². The molecule has 0 saturated heterocycles. The van der Waals surface area contributed by atoms with Gasteiger partial charge in [-0.15, -0.1) is 0 Å². The van der Waals surface area contributed by atoms with Crippen LogP contribution in [0.5, 0.6) is 11.5 Å². The van der Waals surface area contributed by atoms with Gasteiger partial charge in [-0.25, -0.2) is 8.42 Å². The van der Waals surface area contributed by atoms with Crippen molar-refractivity contribution in [2.75, 3.05) is 24.8 Å². The summed E-state index contributed by atoms with van der Waals surface area (Å²) in [5, 5.41) is 2.90. The normalized spacial score (nSPS) is 12.2. The Labute approximate surface area is 185 Å². The third kappa shape index (κ3) is 5.91. The number of amides is 1. The summed E-state index contributed by atoms with van der Waals surface area (Å²) in [6, 6.07) is 10.1. The highest BCUT2D eigenvalue weighted by Gasteiger charge is 2.29. The summed E-state index contributed by atoms with van der Waals surface area (Å²) in [5.41, 5.74) is 3.71. The van der Waals surface area contributed by atoms with Crippen molar-refractivity contribution in [2.45, 2.75) is 46.2 Å². The van der Waals surface area contributed by atoms with Crippen molar-refractivity contribution in [1.82, 2.24) is 5.32 Å². The molecule has 0 heterocycles. The molecule has 2 aromatic carbocycles. The summed E-state index contributed by atoms with van der Waals surface area (Å²) in [5.74, 6) is 0.467. The Morgan fingerprint density at radius 1 is 1.00 bits per heavy atom. The number of sulfonamides is 1. The SMILES string of the molecule is CCc1ccc(CC)c(CNC(=O)[C@@H](C)N(c2ccc(OC)c(OC)c2)S(C)(=O)=O)c1. The van der Waals surface area contributed by atoms with Gasteiger partial charge in [0.25, 0.3) is 0 Å². The summed E-state index contributed by atoms with van der Waals surface area (Å²) in [6.07, 6.45) is 2.84. The number of hydrogen-bond acceptors (Lipinski definition) is 5. The minimum Gasteiger partial charge on any atom is -0.493 e. The van der Waals surface area contributed by atoms with Crippen LogP contribution in [-0.4, -0.2) is 40.8 Å². The third-order valence-electron chi connectivity index (χ3n) is 5.22. The van der Waals surface area contributed by atoms with Gasteiger partial charge in [0.2, 0.25) is 15.9 Å². The predicted molar refractivity (Wildman–Crippen MR) is 123 cm³/mol. The first-order chi connectivity index (χ1) is 14.7. The zero-order valence-electron chi connectivity index (χ0n) is 19.1. The van der Waals surface area contributed by atoms with E-state index in [0.29, 0.717) is 23.7 Å². The summed E-state index contributed by atoms with van der Waals surface area (Å²) < 4.78 is 36.7. The smallest absolute Gasteiger partial charge is 0.243 e. The molecule has 0 aliphatic carbocycles. The molecule has 31 heavy (non-hydrogen) atoms. The van der Waals surface area contributed by atoms with Crippen LogP contribution in [-0.2, 0) is 34.2 Å². The molecule has 0 unspecified atom stereocenters. The Morgan fingerprint density at radius 3 is 2.23 bits per heavy atom. The zero-order valence-corrected chi connectivity index (χ0v) is 19.9. The minimum absolute atomic E-state index is 0.324. The first kappa shape index (κ1) is 24.5. The van der Waals surface area contributed by atoms with E-state index in [4.69, 9.17) is 9.47 Å². The number of methoxy groups -OCH3 is 2. The van der Waals surface area contributed by atoms with Crippen molar-refractivity contribution in [3.8, 4) is 11.5 Å². The lowest BCUT2D eigenvalue weighted by atomic mass is 10.0. The predicted octanol–water partition coefficient (Wildman–Crippen LogP) is 3.30. The number of ether oxygens (including phenoxy) is 2. The Bertz CT molecular complexity index is 1020. The van der Waals surface area contributed by atoms with Gasteiger partial charge in [-0.1, -0.05) is 32.0 Å². The fraction of sp³-hybridized carbons (Fsp3) is 0.435. The Balaban J connectivity index is 2.29. The van der Waals surface area contributed by atoms with Crippen molar-refractivity contribution >= 4 is 21.6 Å². The number of anilines is 1. The summed E-state index contributed by atoms with van der Waals surface area (Å²) in [4.78, 5) is 12.9. The molecule has 7 nitrogen and oxygen atoms in total. The van der Waals surface area contributed by atoms with E-state index in [0.717, 1.165) is 34.5 Å². The second-order valence-corrected chi connectivity index (χ2v) is 9.16. The maximum atomic E-state index is 12.9. The van der Waals surface area contributed by atoms with E-state index in [1.165, 1.54) is 19.8 Å². The zero-order chi connectivity index (χ0) is 23.2. The largest absolute Gasteiger partial charge is 0.493 e. The van der Waals surface area contributed by atoms with E-state index in [1.807, 2.05) is 0 Å². The molecule has 170 valence electrons. The van der Waals surface area contributed by atoms with E-state index >= 15 is 0 Å². The second kappa shape index (κ2) is 10.5. The second-order valence-electron chi connectivity index (χ2n) is 7.30. The fourth-order valence-electron chi connectivity index (χ4n) is 3.51. The molecule has 8 heteroatoms. The van der Waals surface area contributed by atoms with Gasteiger partial charge in [-0.2, -0.15) is 0 Å². The van der Waals surface area contributed by atoms with Crippen molar-refractivity contribution < 1.29 is 22.7 Å². The highest BCUT2D eigenvalue weighted by atomic mass is 32.2. The van der Waals surface area contributed by atoms with Gasteiger partial charge in [-0.3, -0.25) is 9.10 Å². The molecule has 2 rings (SSSR count). The highest BCUT2D eigenvalue weighted by molar-refractivity contribution is 7.92. The molecule has 1 atom stereocenters. The van der Waals surface area contributed by atoms with Crippen LogP contribution in [0.15, 0.2) is 36.4 Å². The van der Waals surface area contributed by atoms with E-state index in [1.54, 1.807) is 25.1 Å². The van der Waals surface area contributed by atoms with E-state index in [9.17, 15) is 13.2 Å². The molecular weight excluding hydrogens is 416 g/mol. The van der Waals surface area contributed by atoms with Crippen molar-refractivity contribution in [1.29, 1.82) is 0 Å². The molecule has 0 spiro atoms. The van der Waals surface area contributed by atoms with Gasteiger partial charge in [0, 0.05) is 12.6 Å². The first-order valence-corrected chi connectivity index (χ1v) is 12.1. The number of nitrogens with one attached hydrogen (secondary N) is 1. The van der Waals surface area contributed by atoms with Gasteiger partial charge in [0.1, 0.15) is 6.04 Å². The number of benzene rings is 2. The van der Waals surface area contributed by atoms with Crippen LogP contribution in [0, 0.1) is 0 Å². The van der Waals surface area contributed by atoms with Gasteiger partial charge < -0.3 is 14.8 Å². The van der Waals surface area contributed by atoms with Crippen LogP contribution < -0.4 is 19.1 Å². The molecule has 0 aliphatic heterocycles. The van der Waals surface area contributed by atoms with Crippen LogP contribution in [0.4, 0.5) is 5.69 Å². The Kier molecular flexibility index (Phi) is 8.33. The number of aryl methyl sites for hydroxylation is 2. The summed E-state index contributed by atoms with van der Waals surface area (Å²) in [6.45, 7) is 6.05. The van der Waals surface area contributed by atoms with Crippen LogP contribution in [0.1, 0.15) is 37.5 Å². The maximum Gasteiger partial charge on any atom is 0.243 e. The van der Waals surface area contributed by atoms with Gasteiger partial charge >= 0.3 is 0 Å². The lowest BCUT2D eigenvalue weighted by molar-refractivity contribution is -0.122.